The Morgan fingerprint density at radius 3 is 2.72 bits per heavy atom. The highest BCUT2D eigenvalue weighted by Gasteiger charge is 2.31. The Bertz CT molecular complexity index is 1140. The van der Waals surface area contributed by atoms with Gasteiger partial charge in [-0.05, 0) is 56.6 Å². The number of hydrogen-bond acceptors (Lipinski definition) is 6. The van der Waals surface area contributed by atoms with Gasteiger partial charge in [0.15, 0.2) is 0 Å². The summed E-state index contributed by atoms with van der Waals surface area (Å²) >= 11 is 1.58. The average Bonchev–Trinajstić information content (AvgIpc) is 3.10. The van der Waals surface area contributed by atoms with Crippen LogP contribution in [0.1, 0.15) is 22.4 Å². The van der Waals surface area contributed by atoms with E-state index in [1.165, 1.54) is 17.0 Å². The van der Waals surface area contributed by atoms with Gasteiger partial charge in [0.25, 0.3) is 5.56 Å². The first kappa shape index (κ1) is 22.8. The molecule has 0 saturated heterocycles. The number of fused-ring (bicyclic) bond motifs is 3. The number of likely N-dealkylation sites (N-methyl/N-ethyl adjacent to an activating group) is 1. The molecule has 3 aromatic rings. The fourth-order valence-electron chi connectivity index (χ4n) is 3.91. The van der Waals surface area contributed by atoms with Crippen molar-refractivity contribution in [3.63, 3.8) is 0 Å². The molecular formula is C22H25F3N4O2S. The number of alkyl halides is 3. The van der Waals surface area contributed by atoms with Gasteiger partial charge in [-0.2, -0.15) is 0 Å². The molecule has 2 heterocycles. The molecule has 1 aromatic carbocycles. The van der Waals surface area contributed by atoms with E-state index in [2.05, 4.69) is 15.0 Å². The topological polar surface area (TPSA) is 59.4 Å². The third-order valence-electron chi connectivity index (χ3n) is 5.58. The number of hydrogen-bond donors (Lipinski definition) is 1. The zero-order valence-corrected chi connectivity index (χ0v) is 18.7. The average molecular weight is 467 g/mol. The molecule has 0 aliphatic heterocycles. The maximum atomic E-state index is 13.0. The van der Waals surface area contributed by atoms with Gasteiger partial charge in [-0.1, -0.05) is 12.1 Å². The summed E-state index contributed by atoms with van der Waals surface area (Å²) in [6.07, 6.45) is -0.546. The summed E-state index contributed by atoms with van der Waals surface area (Å²) in [5.74, 6) is -0.224. The Labute approximate surface area is 187 Å². The number of halogens is 3. The van der Waals surface area contributed by atoms with Crippen molar-refractivity contribution in [3.05, 3.63) is 57.0 Å². The van der Waals surface area contributed by atoms with E-state index in [0.717, 1.165) is 47.2 Å². The molecule has 172 valence electrons. The number of thiophene rings is 1. The Hall–Kier alpha value is -2.43. The minimum Gasteiger partial charge on any atom is -0.406 e. The molecule has 6 nitrogen and oxygen atoms in total. The Kier molecular flexibility index (Phi) is 6.55. The second-order valence-corrected chi connectivity index (χ2v) is 9.33. The summed E-state index contributed by atoms with van der Waals surface area (Å²) in [5.41, 5.74) is 2.03. The van der Waals surface area contributed by atoms with Crippen LogP contribution in [0.2, 0.25) is 0 Å². The van der Waals surface area contributed by atoms with Gasteiger partial charge in [-0.15, -0.1) is 24.5 Å². The maximum absolute atomic E-state index is 13.0. The van der Waals surface area contributed by atoms with Crippen LogP contribution in [0.5, 0.6) is 5.75 Å². The van der Waals surface area contributed by atoms with E-state index in [-0.39, 0.29) is 17.4 Å². The first-order valence-electron chi connectivity index (χ1n) is 10.4. The summed E-state index contributed by atoms with van der Waals surface area (Å²) in [4.78, 5) is 21.5. The monoisotopic (exact) mass is 466 g/mol. The predicted octanol–water partition coefficient (Wildman–Crippen LogP) is 3.57. The second-order valence-electron chi connectivity index (χ2n) is 8.24. The normalized spacial score (nSPS) is 16.5. The smallest absolute Gasteiger partial charge is 0.406 e. The standard InChI is InChI=1S/C22H25F3N4O2S/c1-28(2)9-10-29-13-27-20-19(21(29)30)17-8-5-15(11-18(17)32-20)26-12-14-3-6-16(7-4-14)31-22(23,24)25/h3-4,6-7,13,15,26H,5,8-12H2,1-2H3/t15-/m0/s1. The molecule has 32 heavy (non-hydrogen) atoms. The van der Waals surface area contributed by atoms with E-state index in [1.54, 1.807) is 34.4 Å². The molecule has 0 radical (unpaired) electrons. The largest absolute Gasteiger partial charge is 0.573 e. The summed E-state index contributed by atoms with van der Waals surface area (Å²) < 4.78 is 42.5. The molecule has 1 atom stereocenters. The van der Waals surface area contributed by atoms with Crippen molar-refractivity contribution in [2.75, 3.05) is 20.6 Å². The molecule has 0 bridgehead atoms. The minimum absolute atomic E-state index is 0.0296. The van der Waals surface area contributed by atoms with Gasteiger partial charge >= 0.3 is 6.36 Å². The summed E-state index contributed by atoms with van der Waals surface area (Å²) in [7, 11) is 3.95. The Morgan fingerprint density at radius 2 is 2.03 bits per heavy atom. The van der Waals surface area contributed by atoms with E-state index in [4.69, 9.17) is 0 Å². The molecule has 1 N–H and O–H groups in total. The quantitative estimate of drug-likeness (QED) is 0.577. The lowest BCUT2D eigenvalue weighted by Crippen LogP contribution is -2.34. The van der Waals surface area contributed by atoms with Crippen LogP contribution in [0.4, 0.5) is 13.2 Å². The molecule has 0 fully saturated rings. The van der Waals surface area contributed by atoms with Gasteiger partial charge in [0.05, 0.1) is 11.7 Å². The molecule has 2 aromatic heterocycles. The highest BCUT2D eigenvalue weighted by molar-refractivity contribution is 7.18. The van der Waals surface area contributed by atoms with E-state index in [0.29, 0.717) is 13.1 Å². The molecule has 1 aliphatic rings. The zero-order chi connectivity index (χ0) is 22.9. The van der Waals surface area contributed by atoms with Crippen molar-refractivity contribution >= 4 is 21.6 Å². The number of nitrogens with one attached hydrogen (secondary N) is 1. The van der Waals surface area contributed by atoms with E-state index >= 15 is 0 Å². The van der Waals surface area contributed by atoms with Gasteiger partial charge in [0.2, 0.25) is 0 Å². The molecule has 0 spiro atoms. The Balaban J connectivity index is 1.41. The fraction of sp³-hybridized carbons (Fsp3) is 0.455. The van der Waals surface area contributed by atoms with Crippen LogP contribution >= 0.6 is 11.3 Å². The summed E-state index contributed by atoms with van der Waals surface area (Å²) in [6, 6.07) is 6.13. The van der Waals surface area contributed by atoms with E-state index in [1.807, 2.05) is 19.0 Å². The lowest BCUT2D eigenvalue weighted by molar-refractivity contribution is -0.274. The Morgan fingerprint density at radius 1 is 1.28 bits per heavy atom. The second kappa shape index (κ2) is 9.21. The minimum atomic E-state index is -4.69. The van der Waals surface area contributed by atoms with E-state index < -0.39 is 6.36 Å². The van der Waals surface area contributed by atoms with Crippen LogP contribution in [0.15, 0.2) is 35.4 Å². The molecule has 1 aliphatic carbocycles. The first-order chi connectivity index (χ1) is 15.2. The highest BCUT2D eigenvalue weighted by atomic mass is 32.1. The third kappa shape index (κ3) is 5.31. The number of nitrogens with zero attached hydrogens (tertiary/aromatic N) is 3. The number of benzene rings is 1. The number of aryl methyl sites for hydroxylation is 1. The number of ether oxygens (including phenoxy) is 1. The summed E-state index contributed by atoms with van der Waals surface area (Å²) in [6.45, 7) is 1.93. The maximum Gasteiger partial charge on any atom is 0.573 e. The molecule has 4 rings (SSSR count). The molecule has 10 heteroatoms. The molecular weight excluding hydrogens is 441 g/mol. The van der Waals surface area contributed by atoms with Crippen LogP contribution in [-0.2, 0) is 25.9 Å². The lowest BCUT2D eigenvalue weighted by atomic mass is 9.93. The molecule has 0 amide bonds. The third-order valence-corrected chi connectivity index (χ3v) is 6.74. The highest BCUT2D eigenvalue weighted by Crippen LogP contribution is 2.33. The van der Waals surface area contributed by atoms with Crippen LogP contribution in [0.25, 0.3) is 10.2 Å². The van der Waals surface area contributed by atoms with Crippen molar-refractivity contribution in [2.45, 2.75) is 44.8 Å². The van der Waals surface area contributed by atoms with Crippen LogP contribution < -0.4 is 15.6 Å². The van der Waals surface area contributed by atoms with Gasteiger partial charge in [0, 0.05) is 30.6 Å². The van der Waals surface area contributed by atoms with Crippen LogP contribution in [0, 0.1) is 0 Å². The molecule has 0 unspecified atom stereocenters. The molecule has 0 saturated carbocycles. The van der Waals surface area contributed by atoms with Crippen molar-refractivity contribution in [2.24, 2.45) is 0 Å². The van der Waals surface area contributed by atoms with Gasteiger partial charge in [0.1, 0.15) is 10.6 Å². The number of aromatic nitrogens is 2. The first-order valence-corrected chi connectivity index (χ1v) is 11.2. The van der Waals surface area contributed by atoms with E-state index in [9.17, 15) is 18.0 Å². The van der Waals surface area contributed by atoms with Crippen LogP contribution in [0.3, 0.4) is 0 Å². The van der Waals surface area contributed by atoms with Crippen molar-refractivity contribution in [1.82, 2.24) is 19.8 Å². The van der Waals surface area contributed by atoms with Crippen molar-refractivity contribution in [3.8, 4) is 5.75 Å². The van der Waals surface area contributed by atoms with Gasteiger partial charge in [-0.25, -0.2) is 4.98 Å². The van der Waals surface area contributed by atoms with Gasteiger partial charge in [-0.3, -0.25) is 9.36 Å². The van der Waals surface area contributed by atoms with Crippen LogP contribution in [-0.4, -0.2) is 47.5 Å². The number of rotatable bonds is 7. The zero-order valence-electron chi connectivity index (χ0n) is 17.9. The van der Waals surface area contributed by atoms with Crippen molar-refractivity contribution < 1.29 is 17.9 Å². The van der Waals surface area contributed by atoms with Gasteiger partial charge < -0.3 is 15.0 Å². The SMILES string of the molecule is CN(C)CCn1cnc2sc3c(c2c1=O)CC[C@H](NCc1ccc(OC(F)(F)F)cc1)C3. The lowest BCUT2D eigenvalue weighted by Gasteiger charge is -2.23. The van der Waals surface area contributed by atoms with Crippen molar-refractivity contribution in [1.29, 1.82) is 0 Å². The fourth-order valence-corrected chi connectivity index (χ4v) is 5.17. The summed E-state index contributed by atoms with van der Waals surface area (Å²) in [5, 5.41) is 4.24. The predicted molar refractivity (Wildman–Crippen MR) is 118 cm³/mol.